The zero-order valence-corrected chi connectivity index (χ0v) is 8.58. The van der Waals surface area contributed by atoms with Gasteiger partial charge in [0.25, 0.3) is 0 Å². The Morgan fingerprint density at radius 2 is 2.00 bits per heavy atom. The lowest BCUT2D eigenvalue weighted by Gasteiger charge is -2.22. The van der Waals surface area contributed by atoms with E-state index in [1.807, 2.05) is 0 Å². The molecule has 3 rings (SSSR count). The summed E-state index contributed by atoms with van der Waals surface area (Å²) in [6.45, 7) is 0. The Balaban J connectivity index is 1.58. The summed E-state index contributed by atoms with van der Waals surface area (Å²) in [5, 5.41) is 12.7. The van der Waals surface area contributed by atoms with Crippen molar-refractivity contribution in [2.45, 2.75) is 50.6 Å². The third kappa shape index (κ3) is 1.35. The molecular formula is C12H18N2. The average molecular weight is 190 g/mol. The molecule has 2 heteroatoms. The largest absolute Gasteiger partial charge is 0.310 e. The highest BCUT2D eigenvalue weighted by Crippen LogP contribution is 2.52. The molecule has 2 nitrogen and oxygen atoms in total. The predicted octanol–water partition coefficient (Wildman–Crippen LogP) is 2.07. The van der Waals surface area contributed by atoms with Crippen molar-refractivity contribution in [2.24, 2.45) is 17.8 Å². The van der Waals surface area contributed by atoms with Gasteiger partial charge in [0.05, 0.1) is 12.0 Å². The second-order valence-corrected chi connectivity index (χ2v) is 5.28. The summed E-state index contributed by atoms with van der Waals surface area (Å²) < 4.78 is 0. The van der Waals surface area contributed by atoms with Crippen LogP contribution in [0, 0.1) is 29.1 Å². The van der Waals surface area contributed by atoms with Crippen molar-refractivity contribution in [1.29, 1.82) is 5.26 Å². The van der Waals surface area contributed by atoms with Gasteiger partial charge in [-0.2, -0.15) is 5.26 Å². The van der Waals surface area contributed by atoms with E-state index in [0.29, 0.717) is 12.0 Å². The number of hydrogen-bond acceptors (Lipinski definition) is 2. The van der Waals surface area contributed by atoms with Crippen LogP contribution in [-0.2, 0) is 0 Å². The zero-order valence-electron chi connectivity index (χ0n) is 8.58. The first-order chi connectivity index (χ1) is 6.88. The first-order valence-corrected chi connectivity index (χ1v) is 6.04. The van der Waals surface area contributed by atoms with Gasteiger partial charge in [0, 0.05) is 12.1 Å². The van der Waals surface area contributed by atoms with Crippen LogP contribution in [0.25, 0.3) is 0 Å². The monoisotopic (exact) mass is 190 g/mol. The van der Waals surface area contributed by atoms with Crippen LogP contribution in [0.1, 0.15) is 38.5 Å². The molecule has 3 fully saturated rings. The summed E-state index contributed by atoms with van der Waals surface area (Å²) in [4.78, 5) is 0. The van der Waals surface area contributed by atoms with Crippen LogP contribution in [0.2, 0.25) is 0 Å². The van der Waals surface area contributed by atoms with Crippen LogP contribution in [0.5, 0.6) is 0 Å². The number of nitrogens with one attached hydrogen (secondary N) is 1. The lowest BCUT2D eigenvalue weighted by molar-refractivity contribution is 0.374. The fraction of sp³-hybridized carbons (Fsp3) is 0.917. The molecule has 0 amide bonds. The van der Waals surface area contributed by atoms with E-state index in [4.69, 9.17) is 5.26 Å². The van der Waals surface area contributed by atoms with Crippen molar-refractivity contribution in [2.75, 3.05) is 0 Å². The number of nitriles is 1. The Morgan fingerprint density at radius 1 is 1.07 bits per heavy atom. The summed E-state index contributed by atoms with van der Waals surface area (Å²) in [6, 6.07) is 3.73. The van der Waals surface area contributed by atoms with E-state index >= 15 is 0 Å². The zero-order chi connectivity index (χ0) is 9.54. The second kappa shape index (κ2) is 3.24. The molecule has 0 aromatic heterocycles. The van der Waals surface area contributed by atoms with Gasteiger partial charge < -0.3 is 5.32 Å². The van der Waals surface area contributed by atoms with Crippen LogP contribution >= 0.6 is 0 Å². The van der Waals surface area contributed by atoms with Crippen molar-refractivity contribution in [3.8, 4) is 6.07 Å². The van der Waals surface area contributed by atoms with E-state index in [9.17, 15) is 0 Å². The van der Waals surface area contributed by atoms with E-state index in [-0.39, 0.29) is 0 Å². The Kier molecular flexibility index (Phi) is 2.02. The Bertz CT molecular complexity index is 268. The molecule has 1 N–H and O–H groups in total. The maximum atomic E-state index is 9.00. The van der Waals surface area contributed by atoms with Crippen LogP contribution in [-0.4, -0.2) is 12.1 Å². The molecule has 0 heterocycles. The summed E-state index contributed by atoms with van der Waals surface area (Å²) in [5.41, 5.74) is 0. The van der Waals surface area contributed by atoms with E-state index < -0.39 is 0 Å². The second-order valence-electron chi connectivity index (χ2n) is 5.28. The Morgan fingerprint density at radius 3 is 2.64 bits per heavy atom. The lowest BCUT2D eigenvalue weighted by atomic mass is 10.0. The highest BCUT2D eigenvalue weighted by atomic mass is 15.0. The smallest absolute Gasteiger partial charge is 0.0672 e. The third-order valence-electron chi connectivity index (χ3n) is 4.45. The molecule has 3 aliphatic rings. The molecule has 3 saturated carbocycles. The fourth-order valence-electron chi connectivity index (χ4n) is 3.50. The third-order valence-corrected chi connectivity index (χ3v) is 4.45. The molecule has 0 bridgehead atoms. The standard InChI is InChI=1S/C12H18N2/c13-7-9-2-1-3-11(9)14-12-5-4-8-6-10(8)12/h8-12,14H,1-6H2. The molecule has 5 atom stereocenters. The summed E-state index contributed by atoms with van der Waals surface area (Å²) in [7, 11) is 0. The minimum absolute atomic E-state index is 0.299. The van der Waals surface area contributed by atoms with Gasteiger partial charge in [-0.3, -0.25) is 0 Å². The molecule has 14 heavy (non-hydrogen) atoms. The van der Waals surface area contributed by atoms with Gasteiger partial charge in [0.1, 0.15) is 0 Å². The van der Waals surface area contributed by atoms with E-state index in [1.165, 1.54) is 32.1 Å². The summed E-state index contributed by atoms with van der Waals surface area (Å²) in [6.07, 6.45) is 7.86. The number of hydrogen-bond donors (Lipinski definition) is 1. The molecule has 0 aliphatic heterocycles. The number of fused-ring (bicyclic) bond motifs is 1. The minimum Gasteiger partial charge on any atom is -0.310 e. The van der Waals surface area contributed by atoms with Gasteiger partial charge in [-0.15, -0.1) is 0 Å². The van der Waals surface area contributed by atoms with E-state index in [2.05, 4.69) is 11.4 Å². The van der Waals surface area contributed by atoms with E-state index in [1.54, 1.807) is 0 Å². The minimum atomic E-state index is 0.299. The topological polar surface area (TPSA) is 35.8 Å². The van der Waals surface area contributed by atoms with Gasteiger partial charge in [-0.1, -0.05) is 6.42 Å². The average Bonchev–Trinajstić information content (AvgIpc) is 2.68. The van der Waals surface area contributed by atoms with Crippen molar-refractivity contribution < 1.29 is 0 Å². The van der Waals surface area contributed by atoms with Gasteiger partial charge >= 0.3 is 0 Å². The van der Waals surface area contributed by atoms with Crippen LogP contribution in [0.15, 0.2) is 0 Å². The van der Waals surface area contributed by atoms with Crippen molar-refractivity contribution in [3.05, 3.63) is 0 Å². The first kappa shape index (κ1) is 8.73. The van der Waals surface area contributed by atoms with Crippen molar-refractivity contribution in [3.63, 3.8) is 0 Å². The van der Waals surface area contributed by atoms with Crippen LogP contribution in [0.4, 0.5) is 0 Å². The first-order valence-electron chi connectivity index (χ1n) is 6.04. The summed E-state index contributed by atoms with van der Waals surface area (Å²) in [5.74, 6) is 2.33. The maximum absolute atomic E-state index is 9.00. The molecule has 0 radical (unpaired) electrons. The van der Waals surface area contributed by atoms with Gasteiger partial charge in [-0.25, -0.2) is 0 Å². The predicted molar refractivity (Wildman–Crippen MR) is 54.5 cm³/mol. The van der Waals surface area contributed by atoms with Gasteiger partial charge in [-0.05, 0) is 43.9 Å². The molecule has 0 saturated heterocycles. The highest BCUT2D eigenvalue weighted by Gasteiger charge is 2.48. The van der Waals surface area contributed by atoms with Crippen LogP contribution in [0.3, 0.4) is 0 Å². The molecule has 5 unspecified atom stereocenters. The molecule has 0 spiro atoms. The lowest BCUT2D eigenvalue weighted by Crippen LogP contribution is -2.40. The molecule has 0 aromatic carbocycles. The molecule has 76 valence electrons. The van der Waals surface area contributed by atoms with E-state index in [0.717, 1.165) is 24.3 Å². The SMILES string of the molecule is N#CC1CCCC1NC1CCC2CC21. The molecule has 0 aromatic rings. The molecule has 3 aliphatic carbocycles. The van der Waals surface area contributed by atoms with Gasteiger partial charge in [0.2, 0.25) is 0 Å². The van der Waals surface area contributed by atoms with Crippen LogP contribution < -0.4 is 5.32 Å². The Hall–Kier alpha value is -0.550. The van der Waals surface area contributed by atoms with Gasteiger partial charge in [0.15, 0.2) is 0 Å². The number of nitrogens with zero attached hydrogens (tertiary/aromatic N) is 1. The summed E-state index contributed by atoms with van der Waals surface area (Å²) >= 11 is 0. The highest BCUT2D eigenvalue weighted by molar-refractivity contribution is 5.05. The number of rotatable bonds is 2. The Labute approximate surface area is 85.7 Å². The quantitative estimate of drug-likeness (QED) is 0.723. The fourth-order valence-corrected chi connectivity index (χ4v) is 3.50. The maximum Gasteiger partial charge on any atom is 0.0672 e. The van der Waals surface area contributed by atoms with Crippen molar-refractivity contribution >= 4 is 0 Å². The molecular weight excluding hydrogens is 172 g/mol. The van der Waals surface area contributed by atoms with Crippen molar-refractivity contribution in [1.82, 2.24) is 5.32 Å². The normalized spacial score (nSPS) is 50.1.